The average Bonchev–Trinajstić information content (AvgIpc) is 3.17. The van der Waals surface area contributed by atoms with Crippen molar-refractivity contribution in [3.8, 4) is 0 Å². The van der Waals surface area contributed by atoms with Crippen molar-refractivity contribution in [2.45, 2.75) is 6.92 Å². The van der Waals surface area contributed by atoms with Crippen LogP contribution in [-0.2, 0) is 0 Å². The minimum absolute atomic E-state index is 0.0387. The van der Waals surface area contributed by atoms with Crippen LogP contribution in [0.2, 0.25) is 0 Å². The summed E-state index contributed by atoms with van der Waals surface area (Å²) in [5.74, 6) is -0.570. The van der Waals surface area contributed by atoms with E-state index in [0.717, 1.165) is 0 Å². The first-order chi connectivity index (χ1) is 12.9. The molecule has 0 atom stereocenters. The summed E-state index contributed by atoms with van der Waals surface area (Å²) in [7, 11) is 0. The molecule has 8 nitrogen and oxygen atoms in total. The molecule has 136 valence electrons. The molecule has 0 saturated heterocycles. The van der Waals surface area contributed by atoms with Crippen molar-refractivity contribution in [2.24, 2.45) is 0 Å². The maximum Gasteiger partial charge on any atom is 0.291 e. The smallest absolute Gasteiger partial charge is 0.291 e. The zero-order valence-electron chi connectivity index (χ0n) is 14.3. The van der Waals surface area contributed by atoms with Crippen LogP contribution in [0.4, 0.5) is 17.1 Å². The molecule has 0 fully saturated rings. The Bertz CT molecular complexity index is 995. The van der Waals surface area contributed by atoms with Crippen molar-refractivity contribution in [2.75, 3.05) is 10.6 Å². The summed E-state index contributed by atoms with van der Waals surface area (Å²) in [5.41, 5.74) is 1.74. The molecule has 27 heavy (non-hydrogen) atoms. The predicted molar refractivity (Wildman–Crippen MR) is 98.9 cm³/mol. The van der Waals surface area contributed by atoms with E-state index in [1.165, 1.54) is 24.5 Å². The first-order valence-electron chi connectivity index (χ1n) is 7.95. The Balaban J connectivity index is 1.65. The van der Waals surface area contributed by atoms with Crippen LogP contribution in [0.25, 0.3) is 0 Å². The Kier molecular flexibility index (Phi) is 4.98. The lowest BCUT2D eigenvalue weighted by atomic mass is 10.1. The second-order valence-electron chi connectivity index (χ2n) is 5.72. The third-order valence-corrected chi connectivity index (χ3v) is 3.80. The molecule has 2 N–H and O–H groups in total. The number of nitro benzene ring substituents is 1. The second kappa shape index (κ2) is 7.52. The highest BCUT2D eigenvalue weighted by Gasteiger charge is 2.14. The summed E-state index contributed by atoms with van der Waals surface area (Å²) in [6, 6.07) is 13.9. The number of anilines is 2. The Labute approximate surface area is 154 Å². The lowest BCUT2D eigenvalue weighted by Gasteiger charge is -2.08. The topological polar surface area (TPSA) is 114 Å². The monoisotopic (exact) mass is 365 g/mol. The molecule has 0 saturated carbocycles. The van der Waals surface area contributed by atoms with Gasteiger partial charge < -0.3 is 15.1 Å². The lowest BCUT2D eigenvalue weighted by molar-refractivity contribution is -0.385. The first-order valence-corrected chi connectivity index (χ1v) is 7.95. The summed E-state index contributed by atoms with van der Waals surface area (Å²) in [5, 5.41) is 16.2. The van der Waals surface area contributed by atoms with Crippen LogP contribution in [-0.4, -0.2) is 16.7 Å². The van der Waals surface area contributed by atoms with Crippen LogP contribution >= 0.6 is 0 Å². The van der Waals surface area contributed by atoms with Crippen molar-refractivity contribution in [3.63, 3.8) is 0 Å². The number of benzene rings is 2. The summed E-state index contributed by atoms with van der Waals surface area (Å²) in [6.45, 7) is 1.57. The van der Waals surface area contributed by atoms with Gasteiger partial charge in [0.05, 0.1) is 11.2 Å². The minimum atomic E-state index is -0.493. The number of amides is 2. The quantitative estimate of drug-likeness (QED) is 0.524. The first kappa shape index (κ1) is 17.9. The molecule has 0 spiro atoms. The molecular formula is C19H15N3O5. The maximum absolute atomic E-state index is 12.3. The number of nitrogens with one attached hydrogen (secondary N) is 2. The number of hydrogen-bond acceptors (Lipinski definition) is 5. The minimum Gasteiger partial charge on any atom is -0.459 e. The Morgan fingerprint density at radius 2 is 1.59 bits per heavy atom. The fourth-order valence-corrected chi connectivity index (χ4v) is 2.44. The fourth-order valence-electron chi connectivity index (χ4n) is 2.44. The fraction of sp³-hybridized carbons (Fsp3) is 0.0526. The van der Waals surface area contributed by atoms with E-state index in [-0.39, 0.29) is 23.3 Å². The van der Waals surface area contributed by atoms with Gasteiger partial charge in [0, 0.05) is 28.6 Å². The zero-order chi connectivity index (χ0) is 19.4. The van der Waals surface area contributed by atoms with Gasteiger partial charge in [-0.1, -0.05) is 0 Å². The normalized spacial score (nSPS) is 10.3. The predicted octanol–water partition coefficient (Wildman–Crippen LogP) is 4.00. The Hall–Kier alpha value is -3.94. The van der Waals surface area contributed by atoms with Gasteiger partial charge in [-0.05, 0) is 55.5 Å². The van der Waals surface area contributed by atoms with Crippen LogP contribution in [0.1, 0.15) is 26.5 Å². The van der Waals surface area contributed by atoms with Gasteiger partial charge in [0.2, 0.25) is 0 Å². The number of aryl methyl sites for hydroxylation is 1. The summed E-state index contributed by atoms with van der Waals surface area (Å²) in [6.07, 6.45) is 1.41. The molecule has 0 aliphatic heterocycles. The van der Waals surface area contributed by atoms with Crippen LogP contribution in [0.15, 0.2) is 65.3 Å². The van der Waals surface area contributed by atoms with E-state index >= 15 is 0 Å². The molecule has 0 bridgehead atoms. The third kappa shape index (κ3) is 4.18. The standard InChI is InChI=1S/C19H15N3O5/c1-12-11-13(4-9-16(12)22(25)26)18(23)20-14-5-7-15(8-6-14)21-19(24)17-3-2-10-27-17/h2-11H,1H3,(H,20,23)(H,21,24). The van der Waals surface area contributed by atoms with E-state index in [9.17, 15) is 19.7 Å². The van der Waals surface area contributed by atoms with Gasteiger partial charge in [-0.25, -0.2) is 0 Å². The Morgan fingerprint density at radius 3 is 2.11 bits per heavy atom. The van der Waals surface area contributed by atoms with Crippen LogP contribution < -0.4 is 10.6 Å². The van der Waals surface area contributed by atoms with Crippen molar-refractivity contribution >= 4 is 28.9 Å². The molecule has 3 rings (SSSR count). The lowest BCUT2D eigenvalue weighted by Crippen LogP contribution is -2.13. The van der Waals surface area contributed by atoms with Crippen LogP contribution in [0.3, 0.4) is 0 Å². The van der Waals surface area contributed by atoms with Crippen LogP contribution in [0, 0.1) is 17.0 Å². The number of carbonyl (C=O) groups is 2. The van der Waals surface area contributed by atoms with E-state index in [4.69, 9.17) is 4.42 Å². The van der Waals surface area contributed by atoms with E-state index in [2.05, 4.69) is 10.6 Å². The third-order valence-electron chi connectivity index (χ3n) is 3.80. The van der Waals surface area contributed by atoms with E-state index in [0.29, 0.717) is 22.5 Å². The van der Waals surface area contributed by atoms with Gasteiger partial charge in [0.15, 0.2) is 5.76 Å². The van der Waals surface area contributed by atoms with Gasteiger partial charge in [-0.3, -0.25) is 19.7 Å². The number of carbonyl (C=O) groups excluding carboxylic acids is 2. The van der Waals surface area contributed by atoms with Gasteiger partial charge in [-0.15, -0.1) is 0 Å². The maximum atomic E-state index is 12.3. The van der Waals surface area contributed by atoms with Crippen molar-refractivity contribution < 1.29 is 18.9 Å². The highest BCUT2D eigenvalue weighted by atomic mass is 16.6. The van der Waals surface area contributed by atoms with E-state index < -0.39 is 4.92 Å². The molecule has 1 heterocycles. The van der Waals surface area contributed by atoms with Crippen molar-refractivity contribution in [1.82, 2.24) is 0 Å². The van der Waals surface area contributed by atoms with Crippen LogP contribution in [0.5, 0.6) is 0 Å². The Morgan fingerprint density at radius 1 is 0.963 bits per heavy atom. The molecule has 2 amide bonds. The van der Waals surface area contributed by atoms with Crippen molar-refractivity contribution in [3.05, 3.63) is 87.9 Å². The van der Waals surface area contributed by atoms with E-state index in [1.807, 2.05) is 0 Å². The molecule has 1 aromatic heterocycles. The number of hydrogen-bond donors (Lipinski definition) is 2. The highest BCUT2D eigenvalue weighted by molar-refractivity contribution is 6.05. The van der Waals surface area contributed by atoms with Gasteiger partial charge in [-0.2, -0.15) is 0 Å². The largest absolute Gasteiger partial charge is 0.459 e. The average molecular weight is 365 g/mol. The summed E-state index contributed by atoms with van der Waals surface area (Å²) < 4.78 is 5.01. The number of nitrogens with zero attached hydrogens (tertiary/aromatic N) is 1. The van der Waals surface area contributed by atoms with E-state index in [1.54, 1.807) is 43.3 Å². The summed E-state index contributed by atoms with van der Waals surface area (Å²) in [4.78, 5) is 34.6. The van der Waals surface area contributed by atoms with Gasteiger partial charge in [0.25, 0.3) is 17.5 Å². The molecule has 8 heteroatoms. The van der Waals surface area contributed by atoms with Gasteiger partial charge >= 0.3 is 0 Å². The zero-order valence-corrected chi connectivity index (χ0v) is 14.3. The second-order valence-corrected chi connectivity index (χ2v) is 5.72. The SMILES string of the molecule is Cc1cc(C(=O)Nc2ccc(NC(=O)c3ccco3)cc2)ccc1[N+](=O)[O-]. The molecule has 2 aromatic carbocycles. The number of furan rings is 1. The van der Waals surface area contributed by atoms with Gasteiger partial charge in [0.1, 0.15) is 0 Å². The molecule has 0 aliphatic rings. The molecule has 0 aliphatic carbocycles. The number of nitro groups is 1. The molecule has 3 aromatic rings. The molecule has 0 unspecified atom stereocenters. The van der Waals surface area contributed by atoms with Crippen molar-refractivity contribution in [1.29, 1.82) is 0 Å². The highest BCUT2D eigenvalue weighted by Crippen LogP contribution is 2.20. The molecule has 0 radical (unpaired) electrons. The number of rotatable bonds is 5. The molecular weight excluding hydrogens is 350 g/mol. The summed E-state index contributed by atoms with van der Waals surface area (Å²) >= 11 is 0.